The quantitative estimate of drug-likeness (QED) is 0.711. The summed E-state index contributed by atoms with van der Waals surface area (Å²) in [6.07, 6.45) is 3.12. The van der Waals surface area contributed by atoms with Crippen molar-refractivity contribution < 1.29 is 23.9 Å². The molecule has 0 aromatic heterocycles. The first kappa shape index (κ1) is 20.4. The topological polar surface area (TPSA) is 76.2 Å². The molecule has 1 spiro atoms. The molecule has 2 saturated heterocycles. The zero-order valence-electron chi connectivity index (χ0n) is 17.5. The number of ether oxygens (including phenoxy) is 2. The minimum atomic E-state index is -0.807. The minimum absolute atomic E-state index is 0.0221. The fourth-order valence-corrected chi connectivity index (χ4v) is 5.52. The van der Waals surface area contributed by atoms with Crippen LogP contribution in [0.25, 0.3) is 0 Å². The van der Waals surface area contributed by atoms with Crippen molar-refractivity contribution in [3.05, 3.63) is 47.5 Å². The molecule has 1 aliphatic carbocycles. The maximum absolute atomic E-state index is 13.9. The molecule has 30 heavy (non-hydrogen) atoms. The summed E-state index contributed by atoms with van der Waals surface area (Å²) >= 11 is 0. The van der Waals surface area contributed by atoms with Gasteiger partial charge in [-0.1, -0.05) is 36.4 Å². The molecule has 0 saturated carbocycles. The van der Waals surface area contributed by atoms with E-state index in [2.05, 4.69) is 0 Å². The van der Waals surface area contributed by atoms with Gasteiger partial charge < -0.3 is 19.3 Å². The van der Waals surface area contributed by atoms with Crippen molar-refractivity contribution in [1.82, 2.24) is 9.80 Å². The Morgan fingerprint density at radius 1 is 1.20 bits per heavy atom. The second kappa shape index (κ2) is 8.13. The van der Waals surface area contributed by atoms with Crippen molar-refractivity contribution in [2.45, 2.75) is 38.8 Å². The number of carbonyl (C=O) groups is 3. The highest BCUT2D eigenvalue weighted by Gasteiger charge is 2.63. The molecule has 160 valence electrons. The van der Waals surface area contributed by atoms with Crippen molar-refractivity contribution >= 4 is 18.0 Å². The molecule has 2 amide bonds. The number of benzene rings is 1. The number of likely N-dealkylation sites (tertiary alicyclic amines) is 2. The highest BCUT2D eigenvalue weighted by atomic mass is 16.6. The van der Waals surface area contributed by atoms with E-state index >= 15 is 0 Å². The van der Waals surface area contributed by atoms with Gasteiger partial charge >= 0.3 is 12.1 Å². The molecule has 2 aliphatic heterocycles. The van der Waals surface area contributed by atoms with Crippen molar-refractivity contribution in [1.29, 1.82) is 0 Å². The Bertz CT molecular complexity index is 868. The third-order valence-electron chi connectivity index (χ3n) is 6.81. The Kier molecular flexibility index (Phi) is 5.54. The van der Waals surface area contributed by atoms with Crippen molar-refractivity contribution in [2.24, 2.45) is 11.3 Å². The van der Waals surface area contributed by atoms with E-state index in [0.29, 0.717) is 44.5 Å². The van der Waals surface area contributed by atoms with E-state index in [1.165, 1.54) is 7.11 Å². The van der Waals surface area contributed by atoms with Crippen LogP contribution in [-0.2, 0) is 25.6 Å². The first-order valence-electron chi connectivity index (χ1n) is 10.6. The summed E-state index contributed by atoms with van der Waals surface area (Å²) in [7, 11) is 1.37. The standard InChI is InChI=1S/C23H28N2O5/c1-3-30-22(28)25-14-12-23-18(17(20(26)29-2)9-10-19(23)25)11-13-24(21(23)27)15-16-7-5-4-6-8-16/h4-9,18-19H,3,10-15H2,1-2H3/t18-,19-,23-/m0/s1. The third-order valence-corrected chi connectivity index (χ3v) is 6.81. The Hall–Kier alpha value is -2.83. The van der Waals surface area contributed by atoms with E-state index < -0.39 is 5.41 Å². The fourth-order valence-electron chi connectivity index (χ4n) is 5.52. The highest BCUT2D eigenvalue weighted by Crippen LogP contribution is 2.55. The average Bonchev–Trinajstić information content (AvgIpc) is 3.16. The molecule has 0 bridgehead atoms. The molecule has 7 nitrogen and oxygen atoms in total. The van der Waals surface area contributed by atoms with Crippen LogP contribution in [0, 0.1) is 11.3 Å². The molecule has 0 radical (unpaired) electrons. The predicted molar refractivity (Wildman–Crippen MR) is 109 cm³/mol. The zero-order chi connectivity index (χ0) is 21.3. The van der Waals surface area contributed by atoms with E-state index in [9.17, 15) is 14.4 Å². The molecule has 1 aromatic carbocycles. The molecule has 0 unspecified atom stereocenters. The van der Waals surface area contributed by atoms with E-state index in [-0.39, 0.29) is 36.5 Å². The van der Waals surface area contributed by atoms with Crippen LogP contribution in [0.2, 0.25) is 0 Å². The van der Waals surface area contributed by atoms with Gasteiger partial charge in [0.05, 0.1) is 25.2 Å². The summed E-state index contributed by atoms with van der Waals surface area (Å²) in [5.41, 5.74) is 0.835. The SMILES string of the molecule is CCOC(=O)N1CC[C@]23C(=O)N(Cc4ccccc4)CC[C@H]2C(C(=O)OC)=CC[C@H]13. The summed E-state index contributed by atoms with van der Waals surface area (Å²) in [6.45, 7) is 3.61. The molecule has 4 rings (SSSR count). The second-order valence-electron chi connectivity index (χ2n) is 8.14. The van der Waals surface area contributed by atoms with Crippen LogP contribution in [0.5, 0.6) is 0 Å². The number of piperidine rings is 1. The summed E-state index contributed by atoms with van der Waals surface area (Å²) in [4.78, 5) is 42.6. The number of hydrogen-bond donors (Lipinski definition) is 0. The number of methoxy groups -OCH3 is 1. The van der Waals surface area contributed by atoms with Crippen molar-refractivity contribution in [3.63, 3.8) is 0 Å². The lowest BCUT2D eigenvalue weighted by Gasteiger charge is -2.51. The minimum Gasteiger partial charge on any atom is -0.466 e. The average molecular weight is 412 g/mol. The molecular formula is C23H28N2O5. The lowest BCUT2D eigenvalue weighted by molar-refractivity contribution is -0.155. The van der Waals surface area contributed by atoms with Crippen LogP contribution in [0.1, 0.15) is 31.7 Å². The van der Waals surface area contributed by atoms with Gasteiger partial charge in [-0.15, -0.1) is 0 Å². The van der Waals surface area contributed by atoms with Crippen LogP contribution >= 0.6 is 0 Å². The van der Waals surface area contributed by atoms with Gasteiger partial charge in [0.25, 0.3) is 0 Å². The Labute approximate surface area is 176 Å². The van der Waals surface area contributed by atoms with Crippen LogP contribution < -0.4 is 0 Å². The van der Waals surface area contributed by atoms with Gasteiger partial charge in [-0.25, -0.2) is 9.59 Å². The normalized spacial score (nSPS) is 27.8. The van der Waals surface area contributed by atoms with E-state index in [1.807, 2.05) is 41.3 Å². The molecule has 3 atom stereocenters. The maximum Gasteiger partial charge on any atom is 0.410 e. The number of hydrogen-bond acceptors (Lipinski definition) is 5. The Morgan fingerprint density at radius 2 is 1.97 bits per heavy atom. The fraction of sp³-hybridized carbons (Fsp3) is 0.522. The predicted octanol–water partition coefficient (Wildman–Crippen LogP) is 2.76. The van der Waals surface area contributed by atoms with Gasteiger partial charge in [0, 0.05) is 31.1 Å². The smallest absolute Gasteiger partial charge is 0.410 e. The Balaban J connectivity index is 1.70. The van der Waals surface area contributed by atoms with Gasteiger partial charge in [0.1, 0.15) is 0 Å². The van der Waals surface area contributed by atoms with Gasteiger partial charge in [-0.05, 0) is 31.7 Å². The maximum atomic E-state index is 13.9. The van der Waals surface area contributed by atoms with Crippen LogP contribution in [0.4, 0.5) is 4.79 Å². The lowest BCUT2D eigenvalue weighted by Crippen LogP contribution is -2.61. The number of esters is 1. The third kappa shape index (κ3) is 3.16. The summed E-state index contributed by atoms with van der Waals surface area (Å²) in [6, 6.07) is 9.59. The molecule has 3 aliphatic rings. The van der Waals surface area contributed by atoms with Gasteiger partial charge in [0.2, 0.25) is 5.91 Å². The summed E-state index contributed by atoms with van der Waals surface area (Å²) in [5.74, 6) is -0.603. The molecule has 0 N–H and O–H groups in total. The van der Waals surface area contributed by atoms with Gasteiger partial charge in [0.15, 0.2) is 0 Å². The summed E-state index contributed by atoms with van der Waals surface area (Å²) in [5, 5.41) is 0. The first-order valence-corrected chi connectivity index (χ1v) is 10.6. The molecule has 2 fully saturated rings. The number of amides is 2. The number of rotatable bonds is 4. The van der Waals surface area contributed by atoms with Crippen LogP contribution in [-0.4, -0.2) is 60.6 Å². The largest absolute Gasteiger partial charge is 0.466 e. The highest BCUT2D eigenvalue weighted by molar-refractivity contribution is 5.94. The summed E-state index contributed by atoms with van der Waals surface area (Å²) < 4.78 is 10.3. The van der Waals surface area contributed by atoms with E-state index in [1.54, 1.807) is 11.8 Å². The zero-order valence-corrected chi connectivity index (χ0v) is 17.5. The van der Waals surface area contributed by atoms with Gasteiger partial charge in [-0.2, -0.15) is 0 Å². The van der Waals surface area contributed by atoms with Crippen LogP contribution in [0.3, 0.4) is 0 Å². The first-order chi connectivity index (χ1) is 14.5. The van der Waals surface area contributed by atoms with Crippen LogP contribution in [0.15, 0.2) is 42.0 Å². The number of nitrogens with zero attached hydrogens (tertiary/aromatic N) is 2. The van der Waals surface area contributed by atoms with Crippen molar-refractivity contribution in [2.75, 3.05) is 26.8 Å². The lowest BCUT2D eigenvalue weighted by atomic mass is 9.59. The number of carbonyl (C=O) groups excluding carboxylic acids is 3. The molecule has 7 heteroatoms. The molecule has 1 aromatic rings. The van der Waals surface area contributed by atoms with E-state index in [4.69, 9.17) is 9.47 Å². The van der Waals surface area contributed by atoms with Gasteiger partial charge in [-0.3, -0.25) is 4.79 Å². The van der Waals surface area contributed by atoms with E-state index in [0.717, 1.165) is 5.56 Å². The molecule has 2 heterocycles. The Morgan fingerprint density at radius 3 is 2.67 bits per heavy atom. The van der Waals surface area contributed by atoms with Crippen molar-refractivity contribution in [3.8, 4) is 0 Å². The second-order valence-corrected chi connectivity index (χ2v) is 8.14. The monoisotopic (exact) mass is 412 g/mol. The molecular weight excluding hydrogens is 384 g/mol.